The van der Waals surface area contributed by atoms with Crippen LogP contribution in [0.4, 0.5) is 4.79 Å². The second kappa shape index (κ2) is 10.9. The number of aromatic nitrogens is 2. The summed E-state index contributed by atoms with van der Waals surface area (Å²) in [5.74, 6) is 0.678. The van der Waals surface area contributed by atoms with Crippen LogP contribution in [0.5, 0.6) is 0 Å². The number of ether oxygens (including phenoxy) is 3. The van der Waals surface area contributed by atoms with Gasteiger partial charge in [-0.1, -0.05) is 70.5 Å². The van der Waals surface area contributed by atoms with E-state index in [1.807, 2.05) is 33.9 Å². The van der Waals surface area contributed by atoms with Crippen LogP contribution >= 0.6 is 11.6 Å². The monoisotopic (exact) mass is 501 g/mol. The molecule has 0 amide bonds. The summed E-state index contributed by atoms with van der Waals surface area (Å²) < 4.78 is 18.6. The Balaban J connectivity index is 2.06. The molecule has 1 aliphatic heterocycles. The molecule has 0 aliphatic carbocycles. The van der Waals surface area contributed by atoms with Gasteiger partial charge in [0.1, 0.15) is 11.7 Å². The van der Waals surface area contributed by atoms with Gasteiger partial charge in [-0.2, -0.15) is 5.10 Å². The standard InChI is InChI=1S/C27H36ClN3O4/c1-9-31-24(23(28)17(4)30-31)25(34-18(5)35-26(32)33-15-16(2)3)22(21-14-29-21)19-10-12-20(13-11-19)27(6,7)8/h10-14,16,18,21H,9,15H2,1-8H3/b25-22+. The van der Waals surface area contributed by atoms with Crippen molar-refractivity contribution >= 4 is 35.3 Å². The van der Waals surface area contributed by atoms with E-state index in [0.29, 0.717) is 28.7 Å². The maximum Gasteiger partial charge on any atom is 0.511 e. The number of halogens is 1. The van der Waals surface area contributed by atoms with Crippen LogP contribution in [0.3, 0.4) is 0 Å². The summed E-state index contributed by atoms with van der Waals surface area (Å²) in [4.78, 5) is 16.6. The van der Waals surface area contributed by atoms with Crippen molar-refractivity contribution in [2.75, 3.05) is 6.61 Å². The van der Waals surface area contributed by atoms with Crippen molar-refractivity contribution in [3.8, 4) is 0 Å². The van der Waals surface area contributed by atoms with Crippen LogP contribution in [0.25, 0.3) is 11.3 Å². The number of aryl methyl sites for hydroxylation is 2. The highest BCUT2D eigenvalue weighted by molar-refractivity contribution is 6.33. The van der Waals surface area contributed by atoms with Gasteiger partial charge in [0.25, 0.3) is 0 Å². The first kappa shape index (κ1) is 26.8. The van der Waals surface area contributed by atoms with Gasteiger partial charge < -0.3 is 14.2 Å². The molecule has 8 heteroatoms. The zero-order valence-electron chi connectivity index (χ0n) is 21.9. The normalized spacial score (nSPS) is 16.7. The molecule has 0 saturated carbocycles. The van der Waals surface area contributed by atoms with Crippen molar-refractivity contribution in [2.24, 2.45) is 10.9 Å². The molecule has 2 atom stereocenters. The molecule has 1 aliphatic rings. The number of aliphatic imine (C=N–C) groups is 1. The van der Waals surface area contributed by atoms with Crippen molar-refractivity contribution < 1.29 is 19.0 Å². The molecule has 1 aromatic heterocycles. The Kier molecular flexibility index (Phi) is 8.31. The van der Waals surface area contributed by atoms with E-state index in [1.54, 1.807) is 11.6 Å². The van der Waals surface area contributed by atoms with Gasteiger partial charge in [-0.3, -0.25) is 9.67 Å². The van der Waals surface area contributed by atoms with E-state index in [4.69, 9.17) is 25.8 Å². The highest BCUT2D eigenvalue weighted by atomic mass is 35.5. The summed E-state index contributed by atoms with van der Waals surface area (Å²) in [6.07, 6.45) is 0.145. The lowest BCUT2D eigenvalue weighted by molar-refractivity contribution is -0.0691. The molecule has 3 rings (SSSR count). The smallest absolute Gasteiger partial charge is 0.452 e. The largest absolute Gasteiger partial charge is 0.511 e. The molecule has 0 radical (unpaired) electrons. The molecular formula is C27H36ClN3O4. The van der Waals surface area contributed by atoms with Crippen molar-refractivity contribution in [3.63, 3.8) is 0 Å². The molecular weight excluding hydrogens is 466 g/mol. The molecule has 35 heavy (non-hydrogen) atoms. The Labute approximate surface area is 213 Å². The third kappa shape index (κ3) is 6.66. The second-order valence-electron chi connectivity index (χ2n) is 10.1. The second-order valence-corrected chi connectivity index (χ2v) is 10.5. The maximum atomic E-state index is 12.2. The van der Waals surface area contributed by atoms with Gasteiger partial charge in [-0.15, -0.1) is 0 Å². The summed E-state index contributed by atoms with van der Waals surface area (Å²) in [6.45, 7) is 16.8. The Bertz CT molecular complexity index is 1100. The lowest BCUT2D eigenvalue weighted by Gasteiger charge is -2.23. The van der Waals surface area contributed by atoms with Gasteiger partial charge in [0.05, 0.1) is 17.3 Å². The van der Waals surface area contributed by atoms with Crippen LogP contribution in [-0.2, 0) is 26.2 Å². The van der Waals surface area contributed by atoms with E-state index < -0.39 is 12.4 Å². The number of hydrogen-bond donors (Lipinski definition) is 0. The van der Waals surface area contributed by atoms with Crippen LogP contribution in [0.15, 0.2) is 29.3 Å². The SMILES string of the molecule is CCn1nc(C)c(Cl)c1/C(OC(C)OC(=O)OCC(C)C)=C(/c1ccc(C(C)(C)C)cc1)C1C=N1. The number of hydrogen-bond acceptors (Lipinski definition) is 6. The summed E-state index contributed by atoms with van der Waals surface area (Å²) >= 11 is 6.73. The summed E-state index contributed by atoms with van der Waals surface area (Å²) in [6, 6.07) is 8.20. The average molecular weight is 502 g/mol. The molecule has 2 unspecified atom stereocenters. The first-order chi connectivity index (χ1) is 16.4. The van der Waals surface area contributed by atoms with Crippen LogP contribution in [0.1, 0.15) is 71.0 Å². The quantitative estimate of drug-likeness (QED) is 0.218. The number of carbonyl (C=O) groups excluding carboxylic acids is 1. The van der Waals surface area contributed by atoms with Crippen molar-refractivity contribution in [2.45, 2.75) is 79.7 Å². The zero-order valence-corrected chi connectivity index (χ0v) is 22.6. The van der Waals surface area contributed by atoms with E-state index in [0.717, 1.165) is 11.1 Å². The molecule has 0 saturated heterocycles. The Morgan fingerprint density at radius 3 is 2.29 bits per heavy atom. The minimum Gasteiger partial charge on any atom is -0.452 e. The van der Waals surface area contributed by atoms with Crippen LogP contribution in [0.2, 0.25) is 5.02 Å². The third-order valence-electron chi connectivity index (χ3n) is 5.55. The third-order valence-corrected chi connectivity index (χ3v) is 6.00. The van der Waals surface area contributed by atoms with Crippen molar-refractivity contribution in [3.05, 3.63) is 51.8 Å². The Morgan fingerprint density at radius 1 is 1.14 bits per heavy atom. The Hall–Kier alpha value is -2.80. The molecule has 0 spiro atoms. The van der Waals surface area contributed by atoms with E-state index in [-0.39, 0.29) is 24.0 Å². The van der Waals surface area contributed by atoms with Gasteiger partial charge in [0.15, 0.2) is 5.76 Å². The van der Waals surface area contributed by atoms with Crippen molar-refractivity contribution in [1.82, 2.24) is 9.78 Å². The topological polar surface area (TPSA) is 74.9 Å². The summed E-state index contributed by atoms with van der Waals surface area (Å²) in [5.41, 5.74) is 4.35. The van der Waals surface area contributed by atoms with E-state index in [9.17, 15) is 4.79 Å². The zero-order chi connectivity index (χ0) is 25.9. The highest BCUT2D eigenvalue weighted by Gasteiger charge is 2.32. The van der Waals surface area contributed by atoms with E-state index in [2.05, 4.69) is 55.1 Å². The van der Waals surface area contributed by atoms with Gasteiger partial charge in [0.2, 0.25) is 6.29 Å². The average Bonchev–Trinajstić information content (AvgIpc) is 3.57. The predicted molar refractivity (Wildman–Crippen MR) is 140 cm³/mol. The summed E-state index contributed by atoms with van der Waals surface area (Å²) in [7, 11) is 0. The van der Waals surface area contributed by atoms with Gasteiger partial charge in [-0.25, -0.2) is 4.79 Å². The molecule has 0 bridgehead atoms. The Morgan fingerprint density at radius 2 is 1.77 bits per heavy atom. The lowest BCUT2D eigenvalue weighted by Crippen LogP contribution is -2.21. The number of carbonyl (C=O) groups is 1. The van der Waals surface area contributed by atoms with Crippen LogP contribution < -0.4 is 0 Å². The first-order valence-corrected chi connectivity index (χ1v) is 12.4. The summed E-state index contributed by atoms with van der Waals surface area (Å²) in [5, 5.41) is 5.05. The fourth-order valence-corrected chi connectivity index (χ4v) is 3.85. The fraction of sp³-hybridized carbons (Fsp3) is 0.519. The number of rotatable bonds is 9. The molecule has 0 N–H and O–H groups in total. The van der Waals surface area contributed by atoms with Gasteiger partial charge >= 0.3 is 6.16 Å². The predicted octanol–water partition coefficient (Wildman–Crippen LogP) is 6.66. The van der Waals surface area contributed by atoms with Crippen LogP contribution in [-0.4, -0.2) is 41.1 Å². The molecule has 7 nitrogen and oxygen atoms in total. The molecule has 2 heterocycles. The number of benzene rings is 1. The van der Waals surface area contributed by atoms with Crippen LogP contribution in [0, 0.1) is 12.8 Å². The van der Waals surface area contributed by atoms with E-state index >= 15 is 0 Å². The minimum atomic E-state index is -0.927. The van der Waals surface area contributed by atoms with Crippen molar-refractivity contribution in [1.29, 1.82) is 0 Å². The van der Waals surface area contributed by atoms with Gasteiger partial charge in [-0.05, 0) is 36.3 Å². The highest BCUT2D eigenvalue weighted by Crippen LogP contribution is 2.39. The minimum absolute atomic E-state index is 0.0256. The molecule has 2 aromatic rings. The lowest BCUT2D eigenvalue weighted by atomic mass is 9.86. The number of nitrogens with zero attached hydrogens (tertiary/aromatic N) is 3. The first-order valence-electron chi connectivity index (χ1n) is 12.0. The molecule has 1 aromatic carbocycles. The molecule has 0 fully saturated rings. The fourth-order valence-electron chi connectivity index (χ4n) is 3.62. The van der Waals surface area contributed by atoms with E-state index in [1.165, 1.54) is 5.56 Å². The van der Waals surface area contributed by atoms with Gasteiger partial charge in [0, 0.05) is 25.3 Å². The maximum absolute atomic E-state index is 12.2. The molecule has 190 valence electrons.